The second kappa shape index (κ2) is 5.63. The zero-order chi connectivity index (χ0) is 13.2. The molecule has 2 aliphatic rings. The van der Waals surface area contributed by atoms with Gasteiger partial charge in [0.1, 0.15) is 16.8 Å². The highest BCUT2D eigenvalue weighted by Gasteiger charge is 2.29. The molecule has 5 heteroatoms. The molecule has 2 heterocycles. The molecule has 1 N–H and O–H groups in total. The normalized spacial score (nSPS) is 23.7. The number of nitrogens with zero attached hydrogens (tertiary/aromatic N) is 3. The van der Waals surface area contributed by atoms with Crippen molar-refractivity contribution >= 4 is 17.4 Å². The summed E-state index contributed by atoms with van der Waals surface area (Å²) in [5.41, 5.74) is 0. The molecule has 1 aromatic rings. The third-order valence-electron chi connectivity index (χ3n) is 4.02. The number of hydrogen-bond donors (Lipinski definition) is 1. The summed E-state index contributed by atoms with van der Waals surface area (Å²) in [7, 11) is 0. The average Bonchev–Trinajstić information content (AvgIpc) is 3.23. The maximum atomic E-state index is 9.21. The lowest BCUT2D eigenvalue weighted by Gasteiger charge is -2.36. The van der Waals surface area contributed by atoms with Crippen molar-refractivity contribution in [3.05, 3.63) is 17.0 Å². The van der Waals surface area contributed by atoms with Crippen molar-refractivity contribution < 1.29 is 5.11 Å². The van der Waals surface area contributed by atoms with Gasteiger partial charge in [-0.2, -0.15) is 0 Å². The molecule has 1 aliphatic heterocycles. The number of piperidine rings is 1. The van der Waals surface area contributed by atoms with Crippen molar-refractivity contribution in [3.63, 3.8) is 0 Å². The van der Waals surface area contributed by atoms with Crippen molar-refractivity contribution in [1.82, 2.24) is 9.97 Å². The van der Waals surface area contributed by atoms with Crippen LogP contribution in [-0.2, 0) is 0 Å². The van der Waals surface area contributed by atoms with Crippen LogP contribution < -0.4 is 4.90 Å². The maximum Gasteiger partial charge on any atom is 0.135 e. The third-order valence-corrected chi connectivity index (χ3v) is 4.22. The van der Waals surface area contributed by atoms with E-state index in [0.717, 1.165) is 31.0 Å². The van der Waals surface area contributed by atoms with Crippen LogP contribution in [0.4, 0.5) is 5.82 Å². The molecule has 19 heavy (non-hydrogen) atoms. The molecule has 0 bridgehead atoms. The topological polar surface area (TPSA) is 49.2 Å². The Morgan fingerprint density at radius 1 is 1.26 bits per heavy atom. The van der Waals surface area contributed by atoms with Gasteiger partial charge >= 0.3 is 0 Å². The van der Waals surface area contributed by atoms with Crippen molar-refractivity contribution in [2.24, 2.45) is 0 Å². The van der Waals surface area contributed by atoms with Gasteiger partial charge in [0, 0.05) is 31.2 Å². The summed E-state index contributed by atoms with van der Waals surface area (Å²) < 4.78 is 0. The minimum Gasteiger partial charge on any atom is -0.396 e. The van der Waals surface area contributed by atoms with Crippen molar-refractivity contribution in [3.8, 4) is 0 Å². The van der Waals surface area contributed by atoms with Gasteiger partial charge in [-0.05, 0) is 38.5 Å². The van der Waals surface area contributed by atoms with E-state index in [1.165, 1.54) is 25.7 Å². The Morgan fingerprint density at radius 2 is 2.11 bits per heavy atom. The van der Waals surface area contributed by atoms with Crippen LogP contribution in [0.1, 0.15) is 50.3 Å². The SMILES string of the molecule is OCCC1CCCCN1c1cc(Cl)nc(C2CC2)n1. The van der Waals surface area contributed by atoms with Gasteiger partial charge in [-0.25, -0.2) is 9.97 Å². The van der Waals surface area contributed by atoms with E-state index in [1.54, 1.807) is 0 Å². The van der Waals surface area contributed by atoms with Crippen LogP contribution in [0.5, 0.6) is 0 Å². The Labute approximate surface area is 118 Å². The van der Waals surface area contributed by atoms with E-state index in [9.17, 15) is 5.11 Å². The van der Waals surface area contributed by atoms with E-state index < -0.39 is 0 Å². The van der Waals surface area contributed by atoms with Gasteiger partial charge in [-0.15, -0.1) is 0 Å². The first-order valence-electron chi connectivity index (χ1n) is 7.20. The summed E-state index contributed by atoms with van der Waals surface area (Å²) in [6.45, 7) is 1.23. The molecular weight excluding hydrogens is 262 g/mol. The lowest BCUT2D eigenvalue weighted by molar-refractivity contribution is 0.262. The first kappa shape index (κ1) is 13.1. The van der Waals surface area contributed by atoms with Gasteiger partial charge < -0.3 is 10.0 Å². The maximum absolute atomic E-state index is 9.21. The number of aromatic nitrogens is 2. The summed E-state index contributed by atoms with van der Waals surface area (Å²) >= 11 is 6.14. The number of aliphatic hydroxyl groups excluding tert-OH is 1. The van der Waals surface area contributed by atoms with Crippen LogP contribution in [0.3, 0.4) is 0 Å². The number of aliphatic hydroxyl groups is 1. The van der Waals surface area contributed by atoms with Gasteiger partial charge in [0.05, 0.1) is 0 Å². The van der Waals surface area contributed by atoms with Gasteiger partial charge in [-0.1, -0.05) is 11.6 Å². The summed E-state index contributed by atoms with van der Waals surface area (Å²) in [4.78, 5) is 11.3. The predicted octanol–water partition coefficient (Wildman–Crippen LogP) is 2.75. The van der Waals surface area contributed by atoms with Crippen LogP contribution in [-0.4, -0.2) is 34.3 Å². The van der Waals surface area contributed by atoms with E-state index in [-0.39, 0.29) is 6.61 Å². The first-order chi connectivity index (χ1) is 9.28. The summed E-state index contributed by atoms with van der Waals surface area (Å²) in [5, 5.41) is 9.75. The highest BCUT2D eigenvalue weighted by molar-refractivity contribution is 6.29. The quantitative estimate of drug-likeness (QED) is 0.862. The predicted molar refractivity (Wildman–Crippen MR) is 75.7 cm³/mol. The van der Waals surface area contributed by atoms with Crippen LogP contribution >= 0.6 is 11.6 Å². The molecule has 1 unspecified atom stereocenters. The van der Waals surface area contributed by atoms with E-state index in [2.05, 4.69) is 9.88 Å². The van der Waals surface area contributed by atoms with Crippen LogP contribution in [0.25, 0.3) is 0 Å². The van der Waals surface area contributed by atoms with Gasteiger partial charge in [-0.3, -0.25) is 0 Å². The van der Waals surface area contributed by atoms with E-state index >= 15 is 0 Å². The van der Waals surface area contributed by atoms with Gasteiger partial charge in [0.15, 0.2) is 0 Å². The molecule has 4 nitrogen and oxygen atoms in total. The van der Waals surface area contributed by atoms with Crippen molar-refractivity contribution in [1.29, 1.82) is 0 Å². The van der Waals surface area contributed by atoms with E-state index in [4.69, 9.17) is 16.6 Å². The van der Waals surface area contributed by atoms with Gasteiger partial charge in [0.2, 0.25) is 0 Å². The average molecular weight is 282 g/mol. The molecule has 0 radical (unpaired) electrons. The molecule has 0 aromatic carbocycles. The number of anilines is 1. The molecular formula is C14H20ClN3O. The van der Waals surface area contributed by atoms with E-state index in [1.807, 2.05) is 6.07 Å². The molecule has 1 aromatic heterocycles. The molecule has 1 aliphatic carbocycles. The molecule has 0 amide bonds. The van der Waals surface area contributed by atoms with Crippen LogP contribution in [0, 0.1) is 0 Å². The monoisotopic (exact) mass is 281 g/mol. The van der Waals surface area contributed by atoms with Crippen LogP contribution in [0.15, 0.2) is 6.07 Å². The van der Waals surface area contributed by atoms with Crippen molar-refractivity contribution in [2.75, 3.05) is 18.1 Å². The molecule has 1 saturated carbocycles. The summed E-state index contributed by atoms with van der Waals surface area (Å²) in [5.74, 6) is 2.36. The fourth-order valence-corrected chi connectivity index (χ4v) is 3.03. The van der Waals surface area contributed by atoms with Crippen LogP contribution in [0.2, 0.25) is 5.15 Å². The van der Waals surface area contributed by atoms with E-state index in [0.29, 0.717) is 17.1 Å². The number of halogens is 1. The molecule has 3 rings (SSSR count). The Hall–Kier alpha value is -0.870. The molecule has 2 fully saturated rings. The Balaban J connectivity index is 1.86. The Bertz CT molecular complexity index is 448. The van der Waals surface area contributed by atoms with Gasteiger partial charge in [0.25, 0.3) is 0 Å². The highest BCUT2D eigenvalue weighted by atomic mass is 35.5. The standard InChI is InChI=1S/C14H20ClN3O/c15-12-9-13(17-14(16-12)10-4-5-10)18-7-2-1-3-11(18)6-8-19/h9-11,19H,1-8H2. The second-order valence-corrected chi connectivity index (χ2v) is 5.92. The molecule has 0 spiro atoms. The summed E-state index contributed by atoms with van der Waals surface area (Å²) in [6, 6.07) is 2.25. The molecule has 1 atom stereocenters. The fourth-order valence-electron chi connectivity index (χ4n) is 2.85. The molecule has 1 saturated heterocycles. The smallest absolute Gasteiger partial charge is 0.135 e. The summed E-state index contributed by atoms with van der Waals surface area (Å²) in [6.07, 6.45) is 6.71. The lowest BCUT2D eigenvalue weighted by atomic mass is 10.00. The van der Waals surface area contributed by atoms with Crippen molar-refractivity contribution in [2.45, 2.75) is 50.5 Å². The highest BCUT2D eigenvalue weighted by Crippen LogP contribution is 2.39. The fraction of sp³-hybridized carbons (Fsp3) is 0.714. The Morgan fingerprint density at radius 3 is 2.84 bits per heavy atom. The minimum absolute atomic E-state index is 0.232. The Kier molecular flexibility index (Phi) is 3.89. The molecule has 104 valence electrons. The number of rotatable bonds is 4. The number of hydrogen-bond acceptors (Lipinski definition) is 4. The zero-order valence-electron chi connectivity index (χ0n) is 11.1. The minimum atomic E-state index is 0.232. The third kappa shape index (κ3) is 3.00. The largest absolute Gasteiger partial charge is 0.396 e. The zero-order valence-corrected chi connectivity index (χ0v) is 11.8. The second-order valence-electron chi connectivity index (χ2n) is 5.54. The first-order valence-corrected chi connectivity index (χ1v) is 7.57. The lowest BCUT2D eigenvalue weighted by Crippen LogP contribution is -2.40.